The summed E-state index contributed by atoms with van der Waals surface area (Å²) in [5, 5.41) is 7.13. The molecule has 3 heterocycles. The highest BCUT2D eigenvalue weighted by Crippen LogP contribution is 2.18. The van der Waals surface area contributed by atoms with Crippen molar-refractivity contribution in [2.45, 2.75) is 58.0 Å². The van der Waals surface area contributed by atoms with Gasteiger partial charge in [0.2, 0.25) is 0 Å². The van der Waals surface area contributed by atoms with Gasteiger partial charge in [-0.1, -0.05) is 18.9 Å². The molecular weight excluding hydrogens is 326 g/mol. The van der Waals surface area contributed by atoms with Crippen LogP contribution in [0.25, 0.3) is 16.8 Å². The Kier molecular flexibility index (Phi) is 5.22. The first-order chi connectivity index (χ1) is 12.8. The Morgan fingerprint density at radius 1 is 1.15 bits per heavy atom. The molecule has 0 atom stereocenters. The van der Waals surface area contributed by atoms with E-state index in [0.29, 0.717) is 0 Å². The van der Waals surface area contributed by atoms with Gasteiger partial charge in [0, 0.05) is 25.7 Å². The molecule has 1 aliphatic rings. The second kappa shape index (κ2) is 7.76. The predicted molar refractivity (Wildman–Crippen MR) is 105 cm³/mol. The summed E-state index contributed by atoms with van der Waals surface area (Å²) in [6.07, 6.45) is 7.53. The van der Waals surface area contributed by atoms with E-state index in [1.54, 1.807) is 0 Å². The van der Waals surface area contributed by atoms with Crippen molar-refractivity contribution in [3.05, 3.63) is 34.2 Å². The summed E-state index contributed by atoms with van der Waals surface area (Å²) in [4.78, 5) is 17.2. The number of nitrogens with one attached hydrogen (secondary N) is 2. The Hall–Kier alpha value is -1.92. The number of aryl methyl sites for hydroxylation is 2. The quantitative estimate of drug-likeness (QED) is 0.578. The van der Waals surface area contributed by atoms with Gasteiger partial charge in [-0.15, -0.1) is 0 Å². The third kappa shape index (κ3) is 3.35. The molecule has 3 aromatic heterocycles. The molecule has 0 spiro atoms. The van der Waals surface area contributed by atoms with Gasteiger partial charge >= 0.3 is 0 Å². The maximum atomic E-state index is 12.7. The summed E-state index contributed by atoms with van der Waals surface area (Å²) in [5.74, 6) is 0. The van der Waals surface area contributed by atoms with Gasteiger partial charge in [-0.3, -0.25) is 13.8 Å². The lowest BCUT2D eigenvalue weighted by atomic mass is 10.2. The number of hydrogen-bond donors (Lipinski definition) is 2. The number of imidazole rings is 2. The lowest BCUT2D eigenvalue weighted by molar-refractivity contribution is 0.500. The monoisotopic (exact) mass is 355 g/mol. The fourth-order valence-corrected chi connectivity index (χ4v) is 4.24. The fraction of sp³-hybridized carbons (Fsp3) is 0.600. The van der Waals surface area contributed by atoms with E-state index in [4.69, 9.17) is 0 Å². The zero-order valence-corrected chi connectivity index (χ0v) is 15.6. The summed E-state index contributed by atoms with van der Waals surface area (Å²) in [7, 11) is 0. The first kappa shape index (κ1) is 17.5. The molecular formula is C20H29N5O. The molecule has 1 aliphatic carbocycles. The number of aromatic nitrogens is 3. The number of pyridine rings is 1. The van der Waals surface area contributed by atoms with E-state index in [1.165, 1.54) is 25.7 Å². The van der Waals surface area contributed by atoms with E-state index >= 15 is 0 Å². The number of rotatable bonds is 9. The summed E-state index contributed by atoms with van der Waals surface area (Å²) in [6.45, 7) is 5.76. The van der Waals surface area contributed by atoms with E-state index in [9.17, 15) is 4.79 Å². The zero-order chi connectivity index (χ0) is 17.9. The normalized spacial score (nSPS) is 15.7. The molecule has 0 unspecified atom stereocenters. The van der Waals surface area contributed by atoms with E-state index in [-0.39, 0.29) is 5.56 Å². The standard InChI is InChI=1S/C20H29N5O/c1-15-19-20(26)24(18-10-6-9-17(23-15)25(18)19)14-5-4-11-21-12-13-22-16-7-2-3-8-16/h6,9-10,16,21-22H,2-5,7-8,11-14H2,1H3. The number of nitrogens with zero attached hydrogens (tertiary/aromatic N) is 3. The largest absolute Gasteiger partial charge is 0.315 e. The minimum absolute atomic E-state index is 0.0879. The molecule has 4 rings (SSSR count). The minimum atomic E-state index is 0.0879. The molecule has 3 aromatic rings. The van der Waals surface area contributed by atoms with Crippen LogP contribution in [-0.2, 0) is 6.54 Å². The molecule has 0 amide bonds. The third-order valence-corrected chi connectivity index (χ3v) is 5.60. The van der Waals surface area contributed by atoms with Crippen LogP contribution in [0.3, 0.4) is 0 Å². The van der Waals surface area contributed by atoms with Crippen molar-refractivity contribution in [2.75, 3.05) is 19.6 Å². The van der Waals surface area contributed by atoms with Crippen LogP contribution in [0.5, 0.6) is 0 Å². The first-order valence-corrected chi connectivity index (χ1v) is 10.00. The zero-order valence-electron chi connectivity index (χ0n) is 15.6. The van der Waals surface area contributed by atoms with Gasteiger partial charge < -0.3 is 10.6 Å². The lowest BCUT2D eigenvalue weighted by Crippen LogP contribution is -2.33. The van der Waals surface area contributed by atoms with Crippen LogP contribution >= 0.6 is 0 Å². The van der Waals surface area contributed by atoms with Gasteiger partial charge in [0.15, 0.2) is 0 Å². The molecule has 1 saturated carbocycles. The van der Waals surface area contributed by atoms with Crippen molar-refractivity contribution in [1.29, 1.82) is 0 Å². The van der Waals surface area contributed by atoms with Gasteiger partial charge in [0.05, 0.1) is 5.69 Å². The van der Waals surface area contributed by atoms with Crippen LogP contribution in [0.1, 0.15) is 44.2 Å². The van der Waals surface area contributed by atoms with Crippen LogP contribution in [0.15, 0.2) is 23.0 Å². The summed E-state index contributed by atoms with van der Waals surface area (Å²) >= 11 is 0. The van der Waals surface area contributed by atoms with E-state index in [1.807, 2.05) is 34.1 Å². The van der Waals surface area contributed by atoms with E-state index in [2.05, 4.69) is 15.6 Å². The molecule has 26 heavy (non-hydrogen) atoms. The average Bonchev–Trinajstić information content (AvgIpc) is 3.32. The molecule has 140 valence electrons. The molecule has 6 heteroatoms. The molecule has 1 fully saturated rings. The van der Waals surface area contributed by atoms with Crippen LogP contribution < -0.4 is 16.2 Å². The second-order valence-electron chi connectivity index (χ2n) is 7.47. The van der Waals surface area contributed by atoms with Crippen molar-refractivity contribution in [3.63, 3.8) is 0 Å². The van der Waals surface area contributed by atoms with Crippen molar-refractivity contribution in [3.8, 4) is 0 Å². The number of unbranched alkanes of at least 4 members (excludes halogenated alkanes) is 1. The maximum absolute atomic E-state index is 12.7. The van der Waals surface area contributed by atoms with Crippen LogP contribution in [0.4, 0.5) is 0 Å². The number of hydrogen-bond acceptors (Lipinski definition) is 4. The van der Waals surface area contributed by atoms with Crippen LogP contribution in [0.2, 0.25) is 0 Å². The highest BCUT2D eigenvalue weighted by molar-refractivity contribution is 5.69. The van der Waals surface area contributed by atoms with Gasteiger partial charge in [-0.25, -0.2) is 4.98 Å². The Morgan fingerprint density at radius 2 is 2.00 bits per heavy atom. The summed E-state index contributed by atoms with van der Waals surface area (Å²) < 4.78 is 3.89. The maximum Gasteiger partial charge on any atom is 0.278 e. The first-order valence-electron chi connectivity index (χ1n) is 10.00. The summed E-state index contributed by atoms with van der Waals surface area (Å²) in [5.41, 5.74) is 3.46. The Balaban J connectivity index is 1.24. The molecule has 0 bridgehead atoms. The smallest absolute Gasteiger partial charge is 0.278 e. The fourth-order valence-electron chi connectivity index (χ4n) is 4.24. The van der Waals surface area contributed by atoms with Gasteiger partial charge in [-0.05, 0) is 51.3 Å². The predicted octanol–water partition coefficient (Wildman–Crippen LogP) is 2.30. The molecule has 0 aliphatic heterocycles. The van der Waals surface area contributed by atoms with Gasteiger partial charge in [-0.2, -0.15) is 0 Å². The summed E-state index contributed by atoms with van der Waals surface area (Å²) in [6, 6.07) is 6.69. The van der Waals surface area contributed by atoms with E-state index in [0.717, 1.165) is 67.6 Å². The second-order valence-corrected chi connectivity index (χ2v) is 7.47. The third-order valence-electron chi connectivity index (χ3n) is 5.60. The van der Waals surface area contributed by atoms with Gasteiger partial charge in [0.1, 0.15) is 16.8 Å². The van der Waals surface area contributed by atoms with Crippen LogP contribution in [-0.4, -0.2) is 39.6 Å². The van der Waals surface area contributed by atoms with Crippen molar-refractivity contribution in [1.82, 2.24) is 24.6 Å². The molecule has 6 nitrogen and oxygen atoms in total. The van der Waals surface area contributed by atoms with Crippen LogP contribution in [0, 0.1) is 6.92 Å². The highest BCUT2D eigenvalue weighted by Gasteiger charge is 2.17. The highest BCUT2D eigenvalue weighted by atomic mass is 16.1. The lowest BCUT2D eigenvalue weighted by Gasteiger charge is -2.12. The molecule has 0 saturated heterocycles. The van der Waals surface area contributed by atoms with Crippen molar-refractivity contribution < 1.29 is 0 Å². The molecule has 0 aromatic carbocycles. The average molecular weight is 355 g/mol. The Morgan fingerprint density at radius 3 is 2.85 bits per heavy atom. The Bertz CT molecular complexity index is 906. The van der Waals surface area contributed by atoms with E-state index < -0.39 is 0 Å². The Labute approximate surface area is 153 Å². The van der Waals surface area contributed by atoms with Crippen molar-refractivity contribution in [2.24, 2.45) is 0 Å². The SMILES string of the molecule is Cc1nc2cccc3n(CCCCNCCNC4CCCC4)c(=O)c1n23. The van der Waals surface area contributed by atoms with Gasteiger partial charge in [0.25, 0.3) is 5.56 Å². The minimum Gasteiger partial charge on any atom is -0.315 e. The molecule has 0 radical (unpaired) electrons. The van der Waals surface area contributed by atoms with Crippen molar-refractivity contribution >= 4 is 16.8 Å². The topological polar surface area (TPSA) is 63.4 Å². The molecule has 2 N–H and O–H groups in total.